The van der Waals surface area contributed by atoms with Gasteiger partial charge in [0, 0.05) is 29.2 Å². The molecule has 1 aromatic carbocycles. The van der Waals surface area contributed by atoms with Crippen molar-refractivity contribution in [1.82, 2.24) is 10.6 Å². The Hall–Kier alpha value is -0.450. The molecule has 1 aliphatic rings. The van der Waals surface area contributed by atoms with Gasteiger partial charge in [0.05, 0.1) is 0 Å². The second-order valence-electron chi connectivity index (χ2n) is 4.16. The summed E-state index contributed by atoms with van der Waals surface area (Å²) in [5.41, 5.74) is 0.722. The number of halogens is 2. The quantitative estimate of drug-likeness (QED) is 0.892. The highest BCUT2D eigenvalue weighted by Gasteiger charge is 2.12. The molecular formula is C12H16BrFN2. The van der Waals surface area contributed by atoms with Gasteiger partial charge in [0.2, 0.25) is 0 Å². The van der Waals surface area contributed by atoms with Crippen LogP contribution in [0, 0.1) is 5.82 Å². The molecule has 0 spiro atoms. The zero-order valence-corrected chi connectivity index (χ0v) is 10.7. The molecule has 16 heavy (non-hydrogen) atoms. The van der Waals surface area contributed by atoms with Crippen LogP contribution < -0.4 is 10.6 Å². The highest BCUT2D eigenvalue weighted by molar-refractivity contribution is 9.10. The van der Waals surface area contributed by atoms with Gasteiger partial charge in [-0.3, -0.25) is 0 Å². The lowest BCUT2D eigenvalue weighted by atomic mass is 10.1. The van der Waals surface area contributed by atoms with Crippen LogP contribution in [0.25, 0.3) is 0 Å². The first-order valence-electron chi connectivity index (χ1n) is 5.64. The van der Waals surface area contributed by atoms with Gasteiger partial charge in [0.25, 0.3) is 0 Å². The van der Waals surface area contributed by atoms with Crippen LogP contribution in [0.4, 0.5) is 4.39 Å². The maximum Gasteiger partial charge on any atom is 0.127 e. The molecule has 2 N–H and O–H groups in total. The molecule has 0 amide bonds. The van der Waals surface area contributed by atoms with E-state index in [1.165, 1.54) is 18.9 Å². The summed E-state index contributed by atoms with van der Waals surface area (Å²) in [6, 6.07) is 5.52. The number of rotatable bonds is 3. The van der Waals surface area contributed by atoms with E-state index in [0.29, 0.717) is 12.6 Å². The Morgan fingerprint density at radius 3 is 3.12 bits per heavy atom. The molecule has 1 unspecified atom stereocenters. The van der Waals surface area contributed by atoms with Crippen molar-refractivity contribution in [3.8, 4) is 0 Å². The predicted octanol–water partition coefficient (Wildman–Crippen LogP) is 2.43. The maximum absolute atomic E-state index is 13.4. The number of hydrogen-bond acceptors (Lipinski definition) is 2. The summed E-state index contributed by atoms with van der Waals surface area (Å²) in [6.07, 6.45) is 2.36. The molecular weight excluding hydrogens is 271 g/mol. The standard InChI is InChI=1S/C12H16BrFN2/c13-10-3-4-12(14)9(6-10)7-16-11-2-1-5-15-8-11/h3-4,6,11,15-16H,1-2,5,7-8H2. The van der Waals surface area contributed by atoms with Gasteiger partial charge in [-0.1, -0.05) is 15.9 Å². The van der Waals surface area contributed by atoms with Gasteiger partial charge in [0.15, 0.2) is 0 Å². The Morgan fingerprint density at radius 2 is 2.38 bits per heavy atom. The summed E-state index contributed by atoms with van der Waals surface area (Å²) in [6.45, 7) is 2.68. The molecule has 1 heterocycles. The van der Waals surface area contributed by atoms with Crippen LogP contribution in [0.1, 0.15) is 18.4 Å². The fraction of sp³-hybridized carbons (Fsp3) is 0.500. The van der Waals surface area contributed by atoms with Crippen molar-refractivity contribution in [3.63, 3.8) is 0 Å². The van der Waals surface area contributed by atoms with Crippen LogP contribution in [0.2, 0.25) is 0 Å². The molecule has 1 aliphatic heterocycles. The Balaban J connectivity index is 1.90. The van der Waals surface area contributed by atoms with E-state index in [0.717, 1.165) is 23.1 Å². The lowest BCUT2D eigenvalue weighted by molar-refractivity contribution is 0.386. The monoisotopic (exact) mass is 286 g/mol. The van der Waals surface area contributed by atoms with Crippen molar-refractivity contribution in [2.45, 2.75) is 25.4 Å². The normalized spacial score (nSPS) is 21.0. The molecule has 0 aliphatic carbocycles. The summed E-state index contributed by atoms with van der Waals surface area (Å²) in [7, 11) is 0. The Labute approximate surface area is 104 Å². The summed E-state index contributed by atoms with van der Waals surface area (Å²) < 4.78 is 14.4. The third-order valence-corrected chi connectivity index (χ3v) is 3.38. The average molecular weight is 287 g/mol. The number of hydrogen-bond donors (Lipinski definition) is 2. The lowest BCUT2D eigenvalue weighted by Gasteiger charge is -2.24. The molecule has 0 aromatic heterocycles. The molecule has 2 nitrogen and oxygen atoms in total. The van der Waals surface area contributed by atoms with E-state index in [1.54, 1.807) is 6.07 Å². The molecule has 4 heteroatoms. The fourth-order valence-corrected chi connectivity index (χ4v) is 2.37. The fourth-order valence-electron chi connectivity index (χ4n) is 1.96. The highest BCUT2D eigenvalue weighted by Crippen LogP contribution is 2.15. The number of piperidine rings is 1. The van der Waals surface area contributed by atoms with Crippen molar-refractivity contribution < 1.29 is 4.39 Å². The van der Waals surface area contributed by atoms with Crippen molar-refractivity contribution in [2.75, 3.05) is 13.1 Å². The van der Waals surface area contributed by atoms with Crippen LogP contribution in [0.5, 0.6) is 0 Å². The number of nitrogens with one attached hydrogen (secondary N) is 2. The molecule has 0 bridgehead atoms. The van der Waals surface area contributed by atoms with E-state index >= 15 is 0 Å². The Morgan fingerprint density at radius 1 is 1.50 bits per heavy atom. The summed E-state index contributed by atoms with van der Waals surface area (Å²) in [5, 5.41) is 6.71. The van der Waals surface area contributed by atoms with Gasteiger partial charge in [-0.05, 0) is 37.6 Å². The zero-order valence-electron chi connectivity index (χ0n) is 9.10. The Bertz CT molecular complexity index is 351. The Kier molecular flexibility index (Phi) is 4.32. The van der Waals surface area contributed by atoms with Crippen LogP contribution in [-0.4, -0.2) is 19.1 Å². The molecule has 1 saturated heterocycles. The van der Waals surface area contributed by atoms with Crippen LogP contribution >= 0.6 is 15.9 Å². The van der Waals surface area contributed by atoms with E-state index in [4.69, 9.17) is 0 Å². The van der Waals surface area contributed by atoms with Gasteiger partial charge >= 0.3 is 0 Å². The largest absolute Gasteiger partial charge is 0.315 e. The summed E-state index contributed by atoms with van der Waals surface area (Å²) >= 11 is 3.36. The minimum Gasteiger partial charge on any atom is -0.315 e. The molecule has 1 aromatic rings. The van der Waals surface area contributed by atoms with E-state index in [2.05, 4.69) is 26.6 Å². The lowest BCUT2D eigenvalue weighted by Crippen LogP contribution is -2.42. The smallest absolute Gasteiger partial charge is 0.127 e. The first-order chi connectivity index (χ1) is 7.75. The minimum absolute atomic E-state index is 0.139. The third-order valence-electron chi connectivity index (χ3n) is 2.89. The van der Waals surface area contributed by atoms with Crippen molar-refractivity contribution >= 4 is 15.9 Å². The summed E-state index contributed by atoms with van der Waals surface area (Å²) in [4.78, 5) is 0. The molecule has 1 fully saturated rings. The van der Waals surface area contributed by atoms with Gasteiger partial charge in [0.1, 0.15) is 5.82 Å². The molecule has 0 radical (unpaired) electrons. The second-order valence-corrected chi connectivity index (χ2v) is 5.08. The molecule has 0 saturated carbocycles. The van der Waals surface area contributed by atoms with Gasteiger partial charge in [-0.2, -0.15) is 0 Å². The third kappa shape index (κ3) is 3.27. The first-order valence-corrected chi connectivity index (χ1v) is 6.43. The van der Waals surface area contributed by atoms with Crippen LogP contribution in [0.3, 0.4) is 0 Å². The maximum atomic E-state index is 13.4. The van der Waals surface area contributed by atoms with Crippen molar-refractivity contribution in [2.24, 2.45) is 0 Å². The molecule has 2 rings (SSSR count). The summed E-state index contributed by atoms with van der Waals surface area (Å²) in [5.74, 6) is -0.139. The van der Waals surface area contributed by atoms with Gasteiger partial charge in [-0.15, -0.1) is 0 Å². The average Bonchev–Trinajstić information content (AvgIpc) is 2.32. The first kappa shape index (κ1) is 12.0. The number of benzene rings is 1. The molecule has 1 atom stereocenters. The van der Waals surface area contributed by atoms with Crippen molar-refractivity contribution in [1.29, 1.82) is 0 Å². The molecule has 88 valence electrons. The van der Waals surface area contributed by atoms with Crippen LogP contribution in [0.15, 0.2) is 22.7 Å². The van der Waals surface area contributed by atoms with E-state index < -0.39 is 0 Å². The van der Waals surface area contributed by atoms with Gasteiger partial charge < -0.3 is 10.6 Å². The second kappa shape index (κ2) is 5.75. The SMILES string of the molecule is Fc1ccc(Br)cc1CNC1CCCNC1. The zero-order chi connectivity index (χ0) is 11.4. The van der Waals surface area contributed by atoms with Crippen LogP contribution in [-0.2, 0) is 6.54 Å². The van der Waals surface area contributed by atoms with Crippen molar-refractivity contribution in [3.05, 3.63) is 34.1 Å². The van der Waals surface area contributed by atoms with E-state index in [1.807, 2.05) is 6.07 Å². The van der Waals surface area contributed by atoms with Gasteiger partial charge in [-0.25, -0.2) is 4.39 Å². The minimum atomic E-state index is -0.139. The van der Waals surface area contributed by atoms with E-state index in [9.17, 15) is 4.39 Å². The topological polar surface area (TPSA) is 24.1 Å². The predicted molar refractivity (Wildman–Crippen MR) is 66.8 cm³/mol. The highest BCUT2D eigenvalue weighted by atomic mass is 79.9. The van der Waals surface area contributed by atoms with E-state index in [-0.39, 0.29) is 5.82 Å².